The standard InChI is InChI=1S/C15H17N3OS2/c1-10(21-15-18-16-9-20-15)14(19)17-13-8-4-6-11-5-2-3-7-12(11)13/h2-3,5,7,9-10,13H,4,6,8H2,1H3,(H,17,19)/t10-,13+/m1/s1. The summed E-state index contributed by atoms with van der Waals surface area (Å²) in [6.07, 6.45) is 3.25. The molecule has 1 aromatic heterocycles. The lowest BCUT2D eigenvalue weighted by Gasteiger charge is -2.27. The summed E-state index contributed by atoms with van der Waals surface area (Å²) in [6.45, 7) is 1.91. The van der Waals surface area contributed by atoms with Crippen LogP contribution in [-0.2, 0) is 11.2 Å². The van der Waals surface area contributed by atoms with Gasteiger partial charge in [-0.3, -0.25) is 4.79 Å². The molecule has 0 fully saturated rings. The van der Waals surface area contributed by atoms with Crippen molar-refractivity contribution < 1.29 is 4.79 Å². The molecule has 0 radical (unpaired) electrons. The van der Waals surface area contributed by atoms with Crippen molar-refractivity contribution in [3.05, 3.63) is 40.9 Å². The van der Waals surface area contributed by atoms with Crippen LogP contribution in [0.3, 0.4) is 0 Å². The van der Waals surface area contributed by atoms with E-state index in [-0.39, 0.29) is 17.2 Å². The maximum Gasteiger partial charge on any atom is 0.233 e. The first-order valence-electron chi connectivity index (χ1n) is 7.05. The highest BCUT2D eigenvalue weighted by Crippen LogP contribution is 2.30. The van der Waals surface area contributed by atoms with Gasteiger partial charge in [0, 0.05) is 0 Å². The number of hydrogen-bond donors (Lipinski definition) is 1. The van der Waals surface area contributed by atoms with E-state index in [1.54, 1.807) is 5.51 Å². The van der Waals surface area contributed by atoms with Crippen molar-refractivity contribution in [1.82, 2.24) is 15.5 Å². The molecule has 0 unspecified atom stereocenters. The highest BCUT2D eigenvalue weighted by Gasteiger charge is 2.24. The first-order chi connectivity index (χ1) is 10.2. The number of aryl methyl sites for hydroxylation is 1. The fourth-order valence-corrected chi connectivity index (χ4v) is 4.25. The van der Waals surface area contributed by atoms with Gasteiger partial charge in [-0.05, 0) is 37.3 Å². The summed E-state index contributed by atoms with van der Waals surface area (Å²) in [5.74, 6) is 0.0666. The summed E-state index contributed by atoms with van der Waals surface area (Å²) >= 11 is 2.93. The highest BCUT2D eigenvalue weighted by molar-refractivity contribution is 8.02. The maximum atomic E-state index is 12.4. The fourth-order valence-electron chi connectivity index (χ4n) is 2.61. The number of carbonyl (C=O) groups excluding carboxylic acids is 1. The van der Waals surface area contributed by atoms with Crippen LogP contribution in [0.2, 0.25) is 0 Å². The monoisotopic (exact) mass is 319 g/mol. The van der Waals surface area contributed by atoms with Crippen molar-refractivity contribution in [2.45, 2.75) is 41.8 Å². The fraction of sp³-hybridized carbons (Fsp3) is 0.400. The van der Waals surface area contributed by atoms with Gasteiger partial charge in [0.2, 0.25) is 5.91 Å². The van der Waals surface area contributed by atoms with Gasteiger partial charge < -0.3 is 5.32 Å². The lowest BCUT2D eigenvalue weighted by atomic mass is 9.88. The number of hydrogen-bond acceptors (Lipinski definition) is 5. The Kier molecular flexibility index (Phi) is 4.55. The number of amides is 1. The van der Waals surface area contributed by atoms with Crippen LogP contribution in [0.5, 0.6) is 0 Å². The molecule has 1 heterocycles. The minimum atomic E-state index is -0.160. The summed E-state index contributed by atoms with van der Waals surface area (Å²) in [5.41, 5.74) is 4.31. The minimum absolute atomic E-state index is 0.0666. The van der Waals surface area contributed by atoms with Crippen molar-refractivity contribution in [2.24, 2.45) is 0 Å². The number of rotatable bonds is 4. The molecule has 110 valence electrons. The number of nitrogens with zero attached hydrogens (tertiary/aromatic N) is 2. The number of aromatic nitrogens is 2. The van der Waals surface area contributed by atoms with Gasteiger partial charge in [0.25, 0.3) is 0 Å². The van der Waals surface area contributed by atoms with Crippen LogP contribution in [0.25, 0.3) is 0 Å². The lowest BCUT2D eigenvalue weighted by molar-refractivity contribution is -0.121. The molecule has 0 saturated heterocycles. The molecule has 1 aromatic carbocycles. The Morgan fingerprint density at radius 2 is 2.33 bits per heavy atom. The third-order valence-corrected chi connectivity index (χ3v) is 5.58. The molecule has 21 heavy (non-hydrogen) atoms. The van der Waals surface area contributed by atoms with E-state index >= 15 is 0 Å². The minimum Gasteiger partial charge on any atom is -0.348 e. The van der Waals surface area contributed by atoms with E-state index in [0.29, 0.717) is 0 Å². The molecular formula is C15H17N3OS2. The number of carbonyl (C=O) groups is 1. The number of thioether (sulfide) groups is 1. The zero-order chi connectivity index (χ0) is 14.7. The van der Waals surface area contributed by atoms with E-state index in [9.17, 15) is 4.79 Å². The van der Waals surface area contributed by atoms with Crippen LogP contribution >= 0.6 is 23.1 Å². The molecule has 2 atom stereocenters. The third kappa shape index (κ3) is 3.44. The number of fused-ring (bicyclic) bond motifs is 1. The van der Waals surface area contributed by atoms with Crippen molar-refractivity contribution in [1.29, 1.82) is 0 Å². The van der Waals surface area contributed by atoms with Gasteiger partial charge in [0.15, 0.2) is 4.34 Å². The summed E-state index contributed by atoms with van der Waals surface area (Å²) in [7, 11) is 0. The molecule has 1 aliphatic carbocycles. The smallest absolute Gasteiger partial charge is 0.233 e. The molecule has 6 heteroatoms. The summed E-state index contributed by atoms with van der Waals surface area (Å²) in [4.78, 5) is 12.4. The molecule has 0 saturated carbocycles. The molecule has 0 spiro atoms. The van der Waals surface area contributed by atoms with Gasteiger partial charge in [0.1, 0.15) is 5.51 Å². The molecular weight excluding hydrogens is 302 g/mol. The van der Waals surface area contributed by atoms with E-state index in [4.69, 9.17) is 0 Å². The number of benzene rings is 1. The second-order valence-corrected chi connectivity index (χ2v) is 7.54. The van der Waals surface area contributed by atoms with Gasteiger partial charge in [-0.2, -0.15) is 0 Å². The Bertz CT molecular complexity index is 615. The molecule has 1 amide bonds. The van der Waals surface area contributed by atoms with Gasteiger partial charge in [-0.15, -0.1) is 10.2 Å². The van der Waals surface area contributed by atoms with Gasteiger partial charge >= 0.3 is 0 Å². The first kappa shape index (κ1) is 14.5. The zero-order valence-electron chi connectivity index (χ0n) is 11.8. The zero-order valence-corrected chi connectivity index (χ0v) is 13.4. The maximum absolute atomic E-state index is 12.4. The summed E-state index contributed by atoms with van der Waals surface area (Å²) in [6, 6.07) is 8.54. The van der Waals surface area contributed by atoms with Crippen molar-refractivity contribution in [3.8, 4) is 0 Å². The predicted molar refractivity (Wildman–Crippen MR) is 85.5 cm³/mol. The average Bonchev–Trinajstić information content (AvgIpc) is 3.00. The largest absolute Gasteiger partial charge is 0.348 e. The normalized spacial score (nSPS) is 18.8. The number of nitrogens with one attached hydrogen (secondary N) is 1. The molecule has 2 aromatic rings. The van der Waals surface area contributed by atoms with E-state index in [1.165, 1.54) is 34.2 Å². The van der Waals surface area contributed by atoms with Crippen LogP contribution in [0.4, 0.5) is 0 Å². The molecule has 4 nitrogen and oxygen atoms in total. The van der Waals surface area contributed by atoms with Crippen molar-refractivity contribution in [2.75, 3.05) is 0 Å². The van der Waals surface area contributed by atoms with E-state index in [0.717, 1.165) is 23.6 Å². The quantitative estimate of drug-likeness (QED) is 0.879. The van der Waals surface area contributed by atoms with Crippen LogP contribution in [0, 0.1) is 0 Å². The third-order valence-electron chi connectivity index (χ3n) is 3.67. The van der Waals surface area contributed by atoms with Crippen LogP contribution in [-0.4, -0.2) is 21.4 Å². The van der Waals surface area contributed by atoms with Crippen LogP contribution in [0.1, 0.15) is 36.9 Å². The van der Waals surface area contributed by atoms with E-state index in [2.05, 4.69) is 33.7 Å². The Hall–Kier alpha value is -1.40. The lowest BCUT2D eigenvalue weighted by Crippen LogP contribution is -2.35. The second kappa shape index (κ2) is 6.58. The molecule has 1 N–H and O–H groups in total. The van der Waals surface area contributed by atoms with E-state index < -0.39 is 0 Å². The van der Waals surface area contributed by atoms with Gasteiger partial charge in [0.05, 0.1) is 11.3 Å². The predicted octanol–water partition coefficient (Wildman–Crippen LogP) is 3.21. The van der Waals surface area contributed by atoms with Crippen molar-refractivity contribution >= 4 is 29.0 Å². The molecule has 3 rings (SSSR count). The van der Waals surface area contributed by atoms with Gasteiger partial charge in [-0.25, -0.2) is 0 Å². The van der Waals surface area contributed by atoms with Crippen LogP contribution < -0.4 is 5.32 Å². The molecule has 0 aliphatic heterocycles. The molecule has 1 aliphatic rings. The van der Waals surface area contributed by atoms with Gasteiger partial charge in [-0.1, -0.05) is 47.4 Å². The second-order valence-electron chi connectivity index (χ2n) is 5.12. The average molecular weight is 319 g/mol. The SMILES string of the molecule is C[C@@H](Sc1nncs1)C(=O)N[C@H]1CCCc2ccccc21. The summed E-state index contributed by atoms with van der Waals surface area (Å²) < 4.78 is 0.835. The van der Waals surface area contributed by atoms with Crippen molar-refractivity contribution in [3.63, 3.8) is 0 Å². The Labute approximate surface area is 132 Å². The van der Waals surface area contributed by atoms with Crippen LogP contribution in [0.15, 0.2) is 34.1 Å². The first-order valence-corrected chi connectivity index (χ1v) is 8.81. The summed E-state index contributed by atoms with van der Waals surface area (Å²) in [5, 5.41) is 10.8. The topological polar surface area (TPSA) is 54.9 Å². The highest BCUT2D eigenvalue weighted by atomic mass is 32.2. The Balaban J connectivity index is 1.65. The molecule has 0 bridgehead atoms. The Morgan fingerprint density at radius 1 is 1.48 bits per heavy atom. The van der Waals surface area contributed by atoms with E-state index in [1.807, 2.05) is 13.0 Å². The Morgan fingerprint density at radius 3 is 3.14 bits per heavy atom.